The number of hydrogen-bond donors (Lipinski definition) is 1. The van der Waals surface area contributed by atoms with Crippen molar-refractivity contribution in [3.8, 4) is 0 Å². The standard InChI is InChI=1S/C14H17N3O2S/c1-11(10-17-8-3-7-15-17)16-14(19)6-5-12(18)13-4-2-9-20-13/h2-4,7-9,11H,5-6,10H2,1H3,(H,16,19)/t11-/m1/s1. The highest BCUT2D eigenvalue weighted by Gasteiger charge is 2.12. The van der Waals surface area contributed by atoms with Gasteiger partial charge in [0.15, 0.2) is 5.78 Å². The zero-order valence-electron chi connectivity index (χ0n) is 11.3. The van der Waals surface area contributed by atoms with Gasteiger partial charge in [-0.05, 0) is 24.4 Å². The highest BCUT2D eigenvalue weighted by atomic mass is 32.1. The summed E-state index contributed by atoms with van der Waals surface area (Å²) in [6.45, 7) is 2.54. The number of Topliss-reactive ketones (excluding diaryl/α,β-unsaturated/α-hetero) is 1. The molecule has 0 bridgehead atoms. The number of aromatic nitrogens is 2. The molecule has 0 spiro atoms. The van der Waals surface area contributed by atoms with Crippen molar-refractivity contribution in [1.82, 2.24) is 15.1 Å². The summed E-state index contributed by atoms with van der Waals surface area (Å²) in [4.78, 5) is 24.2. The van der Waals surface area contributed by atoms with Crippen molar-refractivity contribution in [2.24, 2.45) is 0 Å². The molecule has 2 aromatic rings. The van der Waals surface area contributed by atoms with Gasteiger partial charge in [-0.3, -0.25) is 14.3 Å². The predicted molar refractivity (Wildman–Crippen MR) is 77.7 cm³/mol. The molecule has 0 aliphatic rings. The van der Waals surface area contributed by atoms with Crippen molar-refractivity contribution < 1.29 is 9.59 Å². The number of nitrogens with one attached hydrogen (secondary N) is 1. The van der Waals surface area contributed by atoms with Gasteiger partial charge in [-0.2, -0.15) is 5.10 Å². The Balaban J connectivity index is 1.71. The second kappa shape index (κ2) is 7.00. The second-order valence-corrected chi connectivity index (χ2v) is 5.54. The first kappa shape index (κ1) is 14.5. The van der Waals surface area contributed by atoms with Gasteiger partial charge in [0.2, 0.25) is 5.91 Å². The van der Waals surface area contributed by atoms with Crippen LogP contribution in [0.15, 0.2) is 36.0 Å². The summed E-state index contributed by atoms with van der Waals surface area (Å²) in [5.41, 5.74) is 0. The number of ketones is 1. The average Bonchev–Trinajstić information content (AvgIpc) is 3.08. The van der Waals surface area contributed by atoms with Crippen LogP contribution in [-0.4, -0.2) is 27.5 Å². The van der Waals surface area contributed by atoms with Crippen LogP contribution in [0.3, 0.4) is 0 Å². The minimum absolute atomic E-state index is 0.0146. The zero-order valence-corrected chi connectivity index (χ0v) is 12.1. The number of carbonyl (C=O) groups is 2. The Labute approximate surface area is 121 Å². The summed E-state index contributed by atoms with van der Waals surface area (Å²) >= 11 is 1.41. The summed E-state index contributed by atoms with van der Waals surface area (Å²) in [5, 5.41) is 8.81. The molecule has 6 heteroatoms. The lowest BCUT2D eigenvalue weighted by atomic mass is 10.2. The van der Waals surface area contributed by atoms with E-state index in [0.717, 1.165) is 0 Å². The molecule has 0 unspecified atom stereocenters. The van der Waals surface area contributed by atoms with E-state index in [1.54, 1.807) is 16.9 Å². The highest BCUT2D eigenvalue weighted by Crippen LogP contribution is 2.12. The average molecular weight is 291 g/mol. The number of rotatable bonds is 7. The lowest BCUT2D eigenvalue weighted by Gasteiger charge is -2.13. The first-order chi connectivity index (χ1) is 9.65. The fourth-order valence-corrected chi connectivity index (χ4v) is 2.56. The summed E-state index contributed by atoms with van der Waals surface area (Å²) in [6, 6.07) is 5.45. The molecular weight excluding hydrogens is 274 g/mol. The first-order valence-corrected chi connectivity index (χ1v) is 7.36. The Hall–Kier alpha value is -1.95. The summed E-state index contributed by atoms with van der Waals surface area (Å²) in [5.74, 6) is -0.0792. The monoisotopic (exact) mass is 291 g/mol. The highest BCUT2D eigenvalue weighted by molar-refractivity contribution is 7.12. The third-order valence-electron chi connectivity index (χ3n) is 2.80. The molecule has 2 aromatic heterocycles. The maximum Gasteiger partial charge on any atom is 0.220 e. The van der Waals surface area contributed by atoms with Gasteiger partial charge in [0.25, 0.3) is 0 Å². The number of amides is 1. The van der Waals surface area contributed by atoms with Crippen LogP contribution in [0.1, 0.15) is 29.4 Å². The van der Waals surface area contributed by atoms with Crippen molar-refractivity contribution in [1.29, 1.82) is 0 Å². The molecule has 2 heterocycles. The van der Waals surface area contributed by atoms with Gasteiger partial charge in [0.05, 0.1) is 11.4 Å². The van der Waals surface area contributed by atoms with Crippen LogP contribution in [-0.2, 0) is 11.3 Å². The Morgan fingerprint density at radius 3 is 2.90 bits per heavy atom. The largest absolute Gasteiger partial charge is 0.352 e. The fourth-order valence-electron chi connectivity index (χ4n) is 1.87. The van der Waals surface area contributed by atoms with E-state index in [-0.39, 0.29) is 30.6 Å². The van der Waals surface area contributed by atoms with Gasteiger partial charge >= 0.3 is 0 Å². The maximum atomic E-state index is 11.8. The molecule has 0 radical (unpaired) electrons. The van der Waals surface area contributed by atoms with Crippen LogP contribution >= 0.6 is 11.3 Å². The molecule has 0 aromatic carbocycles. The fraction of sp³-hybridized carbons (Fsp3) is 0.357. The number of carbonyl (C=O) groups excluding carboxylic acids is 2. The van der Waals surface area contributed by atoms with Crippen LogP contribution in [0.4, 0.5) is 0 Å². The molecule has 0 fully saturated rings. The van der Waals surface area contributed by atoms with Crippen LogP contribution < -0.4 is 5.32 Å². The van der Waals surface area contributed by atoms with E-state index >= 15 is 0 Å². The third kappa shape index (κ3) is 4.31. The molecule has 2 rings (SSSR count). The Morgan fingerprint density at radius 2 is 2.25 bits per heavy atom. The van der Waals surface area contributed by atoms with E-state index in [2.05, 4.69) is 10.4 Å². The molecule has 1 amide bonds. The van der Waals surface area contributed by atoms with Crippen LogP contribution in [0, 0.1) is 0 Å². The molecule has 106 valence electrons. The van der Waals surface area contributed by atoms with Crippen LogP contribution in [0.2, 0.25) is 0 Å². The van der Waals surface area contributed by atoms with E-state index in [0.29, 0.717) is 11.4 Å². The molecule has 5 nitrogen and oxygen atoms in total. The topological polar surface area (TPSA) is 64.0 Å². The zero-order chi connectivity index (χ0) is 14.4. The van der Waals surface area contributed by atoms with E-state index in [9.17, 15) is 9.59 Å². The van der Waals surface area contributed by atoms with Gasteiger partial charge < -0.3 is 5.32 Å². The number of hydrogen-bond acceptors (Lipinski definition) is 4. The van der Waals surface area contributed by atoms with Gasteiger partial charge in [-0.15, -0.1) is 11.3 Å². The molecule has 20 heavy (non-hydrogen) atoms. The van der Waals surface area contributed by atoms with Crippen molar-refractivity contribution in [2.45, 2.75) is 32.4 Å². The predicted octanol–water partition coefficient (Wildman–Crippen LogP) is 2.11. The van der Waals surface area contributed by atoms with Crippen LogP contribution in [0.25, 0.3) is 0 Å². The van der Waals surface area contributed by atoms with Gasteiger partial charge in [-0.1, -0.05) is 6.07 Å². The van der Waals surface area contributed by atoms with Crippen molar-refractivity contribution in [3.05, 3.63) is 40.8 Å². The lowest BCUT2D eigenvalue weighted by molar-refractivity contribution is -0.121. The first-order valence-electron chi connectivity index (χ1n) is 6.48. The molecule has 0 aliphatic heterocycles. The minimum Gasteiger partial charge on any atom is -0.352 e. The van der Waals surface area contributed by atoms with E-state index in [1.807, 2.05) is 30.6 Å². The Bertz CT molecular complexity index is 549. The molecular formula is C14H17N3O2S. The van der Waals surface area contributed by atoms with Crippen LogP contribution in [0.5, 0.6) is 0 Å². The van der Waals surface area contributed by atoms with Crippen molar-refractivity contribution in [2.75, 3.05) is 0 Å². The molecule has 1 atom stereocenters. The molecule has 0 saturated heterocycles. The van der Waals surface area contributed by atoms with E-state index in [4.69, 9.17) is 0 Å². The Kier molecular flexibility index (Phi) is 5.06. The maximum absolute atomic E-state index is 11.8. The van der Waals surface area contributed by atoms with Gasteiger partial charge in [0.1, 0.15) is 0 Å². The molecule has 0 saturated carbocycles. The smallest absolute Gasteiger partial charge is 0.220 e. The normalized spacial score (nSPS) is 12.1. The lowest BCUT2D eigenvalue weighted by Crippen LogP contribution is -2.35. The summed E-state index contributed by atoms with van der Waals surface area (Å²) in [7, 11) is 0. The Morgan fingerprint density at radius 1 is 1.40 bits per heavy atom. The van der Waals surface area contributed by atoms with Crippen molar-refractivity contribution in [3.63, 3.8) is 0 Å². The molecule has 0 aliphatic carbocycles. The number of thiophene rings is 1. The molecule has 1 N–H and O–H groups in total. The van der Waals surface area contributed by atoms with Gasteiger partial charge in [0, 0.05) is 31.3 Å². The number of nitrogens with zero attached hydrogens (tertiary/aromatic N) is 2. The summed E-state index contributed by atoms with van der Waals surface area (Å²) < 4.78 is 1.77. The SMILES string of the molecule is C[C@H](Cn1cccn1)NC(=O)CCC(=O)c1cccs1. The third-order valence-corrected chi connectivity index (χ3v) is 3.71. The van der Waals surface area contributed by atoms with Crippen molar-refractivity contribution >= 4 is 23.0 Å². The second-order valence-electron chi connectivity index (χ2n) is 4.60. The minimum atomic E-state index is -0.102. The van der Waals surface area contributed by atoms with E-state index in [1.165, 1.54) is 11.3 Å². The summed E-state index contributed by atoms with van der Waals surface area (Å²) in [6.07, 6.45) is 4.03. The van der Waals surface area contributed by atoms with Gasteiger partial charge in [-0.25, -0.2) is 0 Å². The quantitative estimate of drug-likeness (QED) is 0.795. The van der Waals surface area contributed by atoms with E-state index < -0.39 is 0 Å².